The SMILES string of the molecule is CNS(=O)(=O)c1cccc(C(=O)OCCOc2c(Cl)cccc2Cl)c1. The summed E-state index contributed by atoms with van der Waals surface area (Å²) in [6, 6.07) is 10.5. The summed E-state index contributed by atoms with van der Waals surface area (Å²) in [6.45, 7) is -0.00686. The van der Waals surface area contributed by atoms with Crippen molar-refractivity contribution >= 4 is 39.2 Å². The Morgan fingerprint density at radius 1 is 1.08 bits per heavy atom. The number of rotatable bonds is 7. The van der Waals surface area contributed by atoms with Crippen LogP contribution in [0.25, 0.3) is 0 Å². The fraction of sp³-hybridized carbons (Fsp3) is 0.188. The van der Waals surface area contributed by atoms with Crippen molar-refractivity contribution in [2.75, 3.05) is 20.3 Å². The first-order chi connectivity index (χ1) is 11.8. The Kier molecular flexibility index (Phi) is 6.66. The van der Waals surface area contributed by atoms with Crippen molar-refractivity contribution in [3.63, 3.8) is 0 Å². The van der Waals surface area contributed by atoms with Crippen LogP contribution in [0.5, 0.6) is 5.75 Å². The molecule has 0 unspecified atom stereocenters. The average Bonchev–Trinajstić information content (AvgIpc) is 2.60. The molecule has 0 spiro atoms. The molecular weight excluding hydrogens is 389 g/mol. The summed E-state index contributed by atoms with van der Waals surface area (Å²) >= 11 is 11.9. The molecule has 0 aliphatic heterocycles. The van der Waals surface area contributed by atoms with Crippen molar-refractivity contribution in [2.24, 2.45) is 0 Å². The van der Waals surface area contributed by atoms with Gasteiger partial charge in [0.15, 0.2) is 5.75 Å². The highest BCUT2D eigenvalue weighted by atomic mass is 35.5. The molecule has 134 valence electrons. The number of para-hydroxylation sites is 1. The van der Waals surface area contributed by atoms with Crippen LogP contribution in [0.15, 0.2) is 47.4 Å². The van der Waals surface area contributed by atoms with E-state index in [0.29, 0.717) is 15.8 Å². The second-order valence-electron chi connectivity index (χ2n) is 4.77. The van der Waals surface area contributed by atoms with Crippen LogP contribution < -0.4 is 9.46 Å². The molecule has 0 bridgehead atoms. The number of carbonyl (C=O) groups excluding carboxylic acids is 1. The third kappa shape index (κ3) is 5.09. The van der Waals surface area contributed by atoms with Gasteiger partial charge in [-0.3, -0.25) is 0 Å². The fourth-order valence-electron chi connectivity index (χ4n) is 1.89. The van der Waals surface area contributed by atoms with E-state index in [2.05, 4.69) is 4.72 Å². The van der Waals surface area contributed by atoms with Crippen molar-refractivity contribution in [1.29, 1.82) is 0 Å². The van der Waals surface area contributed by atoms with Crippen molar-refractivity contribution in [1.82, 2.24) is 4.72 Å². The highest BCUT2D eigenvalue weighted by molar-refractivity contribution is 7.89. The van der Waals surface area contributed by atoms with Gasteiger partial charge >= 0.3 is 5.97 Å². The van der Waals surface area contributed by atoms with Gasteiger partial charge in [-0.15, -0.1) is 0 Å². The van der Waals surface area contributed by atoms with Crippen molar-refractivity contribution in [3.8, 4) is 5.75 Å². The van der Waals surface area contributed by atoms with Crippen LogP contribution in [0.3, 0.4) is 0 Å². The number of esters is 1. The standard InChI is InChI=1S/C16H15Cl2NO5S/c1-19-25(21,22)12-5-2-4-11(10-12)16(20)24-9-8-23-15-13(17)6-3-7-14(15)18/h2-7,10,19H,8-9H2,1H3. The quantitative estimate of drug-likeness (QED) is 0.567. The molecule has 2 rings (SSSR count). The average molecular weight is 404 g/mol. The van der Waals surface area contributed by atoms with Crippen molar-refractivity contribution in [2.45, 2.75) is 4.90 Å². The summed E-state index contributed by atoms with van der Waals surface area (Å²) in [4.78, 5) is 12.0. The van der Waals surface area contributed by atoms with E-state index in [-0.39, 0.29) is 23.7 Å². The number of ether oxygens (including phenoxy) is 2. The van der Waals surface area contributed by atoms with Gasteiger partial charge < -0.3 is 9.47 Å². The van der Waals surface area contributed by atoms with Gasteiger partial charge in [0, 0.05) is 0 Å². The van der Waals surface area contributed by atoms with E-state index in [9.17, 15) is 13.2 Å². The summed E-state index contributed by atoms with van der Waals surface area (Å²) in [7, 11) is -2.35. The summed E-state index contributed by atoms with van der Waals surface area (Å²) < 4.78 is 36.1. The highest BCUT2D eigenvalue weighted by Gasteiger charge is 2.15. The van der Waals surface area contributed by atoms with Crippen molar-refractivity contribution in [3.05, 3.63) is 58.1 Å². The predicted molar refractivity (Wildman–Crippen MR) is 94.9 cm³/mol. The van der Waals surface area contributed by atoms with Gasteiger partial charge in [-0.1, -0.05) is 35.3 Å². The zero-order valence-electron chi connectivity index (χ0n) is 13.2. The van der Waals surface area contributed by atoms with Crippen LogP contribution in [-0.4, -0.2) is 34.6 Å². The third-order valence-corrected chi connectivity index (χ3v) is 5.14. The number of hydrogen-bond donors (Lipinski definition) is 1. The van der Waals surface area contributed by atoms with E-state index in [0.717, 1.165) is 0 Å². The van der Waals surface area contributed by atoms with Crippen molar-refractivity contribution < 1.29 is 22.7 Å². The van der Waals surface area contributed by atoms with Crippen LogP contribution in [0, 0.1) is 0 Å². The number of hydrogen-bond acceptors (Lipinski definition) is 5. The molecule has 0 fully saturated rings. The van der Waals surface area contributed by atoms with Crippen LogP contribution in [-0.2, 0) is 14.8 Å². The number of carbonyl (C=O) groups is 1. The molecule has 0 saturated heterocycles. The van der Waals surface area contributed by atoms with Gasteiger partial charge in [0.25, 0.3) is 0 Å². The minimum absolute atomic E-state index is 0.0245. The largest absolute Gasteiger partial charge is 0.487 e. The van der Waals surface area contributed by atoms with Crippen LogP contribution in [0.1, 0.15) is 10.4 Å². The first-order valence-electron chi connectivity index (χ1n) is 7.12. The fourth-order valence-corrected chi connectivity index (χ4v) is 3.17. The normalized spacial score (nSPS) is 11.2. The lowest BCUT2D eigenvalue weighted by Gasteiger charge is -2.10. The number of sulfonamides is 1. The first-order valence-corrected chi connectivity index (χ1v) is 9.36. The summed E-state index contributed by atoms with van der Waals surface area (Å²) in [5.41, 5.74) is 0.118. The van der Waals surface area contributed by atoms with Crippen LogP contribution in [0.4, 0.5) is 0 Å². The maximum atomic E-state index is 12.0. The smallest absolute Gasteiger partial charge is 0.338 e. The van der Waals surface area contributed by atoms with E-state index >= 15 is 0 Å². The zero-order valence-corrected chi connectivity index (χ0v) is 15.5. The highest BCUT2D eigenvalue weighted by Crippen LogP contribution is 2.32. The number of benzene rings is 2. The van der Waals surface area contributed by atoms with E-state index in [1.165, 1.54) is 31.3 Å². The Balaban J connectivity index is 1.94. The third-order valence-electron chi connectivity index (χ3n) is 3.13. The molecule has 25 heavy (non-hydrogen) atoms. The predicted octanol–water partition coefficient (Wildman–Crippen LogP) is 3.14. The molecule has 0 aromatic heterocycles. The minimum Gasteiger partial charge on any atom is -0.487 e. The molecule has 2 aromatic rings. The van der Waals surface area contributed by atoms with Crippen LogP contribution >= 0.6 is 23.2 Å². The maximum Gasteiger partial charge on any atom is 0.338 e. The molecule has 0 saturated carbocycles. The Morgan fingerprint density at radius 3 is 2.36 bits per heavy atom. The van der Waals surface area contributed by atoms with Crippen LogP contribution in [0.2, 0.25) is 10.0 Å². The molecule has 6 nitrogen and oxygen atoms in total. The van der Waals surface area contributed by atoms with Gasteiger partial charge in [-0.2, -0.15) is 0 Å². The maximum absolute atomic E-state index is 12.0. The van der Waals surface area contributed by atoms with Gasteiger partial charge in [0.2, 0.25) is 10.0 Å². The van der Waals surface area contributed by atoms with Gasteiger partial charge in [-0.25, -0.2) is 17.9 Å². The van der Waals surface area contributed by atoms with E-state index in [4.69, 9.17) is 32.7 Å². The molecule has 0 aliphatic carbocycles. The number of nitrogens with one attached hydrogen (secondary N) is 1. The monoisotopic (exact) mass is 403 g/mol. The molecule has 0 amide bonds. The summed E-state index contributed by atoms with van der Waals surface area (Å²) in [5, 5.41) is 0.701. The molecule has 1 N–H and O–H groups in total. The lowest BCUT2D eigenvalue weighted by atomic mass is 10.2. The first kappa shape index (κ1) is 19.5. The number of halogens is 2. The molecule has 2 aromatic carbocycles. The van der Waals surface area contributed by atoms with Gasteiger partial charge in [-0.05, 0) is 37.4 Å². The zero-order chi connectivity index (χ0) is 18.4. The Hall–Kier alpha value is -1.80. The van der Waals surface area contributed by atoms with Gasteiger partial charge in [0.05, 0.1) is 20.5 Å². The molecule has 0 radical (unpaired) electrons. The second kappa shape index (κ2) is 8.53. The molecule has 0 atom stereocenters. The lowest BCUT2D eigenvalue weighted by Crippen LogP contribution is -2.19. The van der Waals surface area contributed by atoms with E-state index < -0.39 is 16.0 Å². The summed E-state index contributed by atoms with van der Waals surface area (Å²) in [5.74, 6) is -0.356. The molecule has 0 aliphatic rings. The van der Waals surface area contributed by atoms with Gasteiger partial charge in [0.1, 0.15) is 13.2 Å². The second-order valence-corrected chi connectivity index (χ2v) is 7.47. The van der Waals surface area contributed by atoms with E-state index in [1.807, 2.05) is 0 Å². The Morgan fingerprint density at radius 2 is 1.72 bits per heavy atom. The Bertz CT molecular complexity index is 850. The molecule has 0 heterocycles. The summed E-state index contributed by atoms with van der Waals surface area (Å²) in [6.07, 6.45) is 0. The molecule has 9 heteroatoms. The molecular formula is C16H15Cl2NO5S. The topological polar surface area (TPSA) is 81.7 Å². The minimum atomic E-state index is -3.64. The van der Waals surface area contributed by atoms with E-state index in [1.54, 1.807) is 18.2 Å². The Labute approximate surface area is 155 Å². The lowest BCUT2D eigenvalue weighted by molar-refractivity contribution is 0.0450.